The summed E-state index contributed by atoms with van der Waals surface area (Å²) in [6, 6.07) is 0. The molecule has 0 aromatic rings. The van der Waals surface area contributed by atoms with Crippen molar-refractivity contribution in [3.8, 4) is 0 Å². The Balaban J connectivity index is 1.57. The molecule has 0 amide bonds. The SMILES string of the molecule is CCC12CCC3C4CCC(C)C=C4C=CC3C1[C@@H]1CC1C2(/C=C\CO)N=O. The monoisotopic (exact) mass is 367 g/mol. The summed E-state index contributed by atoms with van der Waals surface area (Å²) in [7, 11) is 0. The molecule has 146 valence electrons. The second kappa shape index (κ2) is 6.14. The highest BCUT2D eigenvalue weighted by molar-refractivity contribution is 5.38. The third kappa shape index (κ3) is 2.18. The van der Waals surface area contributed by atoms with Gasteiger partial charge in [0.25, 0.3) is 0 Å². The molecule has 0 spiro atoms. The van der Waals surface area contributed by atoms with Crippen LogP contribution in [-0.2, 0) is 0 Å². The van der Waals surface area contributed by atoms with E-state index in [0.29, 0.717) is 29.6 Å². The van der Waals surface area contributed by atoms with Gasteiger partial charge >= 0.3 is 0 Å². The molecule has 5 rings (SSSR count). The van der Waals surface area contributed by atoms with Crippen molar-refractivity contribution in [2.75, 3.05) is 6.61 Å². The van der Waals surface area contributed by atoms with Gasteiger partial charge in [0.15, 0.2) is 0 Å². The molecular formula is C24H33NO2. The Morgan fingerprint density at radius 3 is 2.89 bits per heavy atom. The van der Waals surface area contributed by atoms with Crippen molar-refractivity contribution in [2.24, 2.45) is 52.0 Å². The second-order valence-corrected chi connectivity index (χ2v) is 10.0. The maximum absolute atomic E-state index is 12.3. The van der Waals surface area contributed by atoms with E-state index in [1.807, 2.05) is 6.08 Å². The number of fused-ring (bicyclic) bond motifs is 7. The number of aliphatic hydroxyl groups is 1. The van der Waals surface area contributed by atoms with E-state index in [4.69, 9.17) is 0 Å². The number of allylic oxidation sites excluding steroid dienone is 4. The van der Waals surface area contributed by atoms with E-state index in [1.165, 1.54) is 19.3 Å². The number of hydrogen-bond acceptors (Lipinski definition) is 3. The van der Waals surface area contributed by atoms with Crippen LogP contribution in [0.2, 0.25) is 0 Å². The highest BCUT2D eigenvalue weighted by atomic mass is 16.3. The summed E-state index contributed by atoms with van der Waals surface area (Å²) < 4.78 is 0. The second-order valence-electron chi connectivity index (χ2n) is 10.0. The standard InChI is InChI=1S/C24H33NO2/c1-3-23-11-9-18-17-7-5-15(2)13-16(17)6-8-19(18)22(23)20-14-21(20)24(23,25-27)10-4-12-26/h4,6,8,10,13,15,17-22,26H,3,5,7,9,11-12,14H2,1-2H3/b10-4-/t15?,17?,18?,19?,20-,21?,22?,23?,24?/m1/s1. The average Bonchev–Trinajstić information content (AvgIpc) is 3.44. The summed E-state index contributed by atoms with van der Waals surface area (Å²) in [6.45, 7) is 4.61. The predicted octanol–water partition coefficient (Wildman–Crippen LogP) is 5.27. The van der Waals surface area contributed by atoms with E-state index in [-0.39, 0.29) is 12.0 Å². The van der Waals surface area contributed by atoms with Crippen molar-refractivity contribution in [1.29, 1.82) is 0 Å². The molecular weight excluding hydrogens is 334 g/mol. The first-order valence-electron chi connectivity index (χ1n) is 11.1. The molecule has 0 aromatic carbocycles. The van der Waals surface area contributed by atoms with Crippen LogP contribution in [0.25, 0.3) is 0 Å². The van der Waals surface area contributed by atoms with Crippen molar-refractivity contribution in [2.45, 2.75) is 57.9 Å². The summed E-state index contributed by atoms with van der Waals surface area (Å²) in [5.74, 6) is 4.44. The molecule has 5 aliphatic rings. The lowest BCUT2D eigenvalue weighted by atomic mass is 9.48. The lowest BCUT2D eigenvalue weighted by Gasteiger charge is -2.56. The van der Waals surface area contributed by atoms with Crippen molar-refractivity contribution in [3.63, 3.8) is 0 Å². The quantitative estimate of drug-likeness (QED) is 0.543. The fourth-order valence-electron chi connectivity index (χ4n) is 8.21. The van der Waals surface area contributed by atoms with Crippen molar-refractivity contribution < 1.29 is 5.11 Å². The van der Waals surface area contributed by atoms with Gasteiger partial charge in [-0.25, -0.2) is 0 Å². The third-order valence-electron chi connectivity index (χ3n) is 9.26. The molecule has 3 saturated carbocycles. The fraction of sp³-hybridized carbons (Fsp3) is 0.750. The minimum Gasteiger partial charge on any atom is -0.392 e. The van der Waals surface area contributed by atoms with Gasteiger partial charge in [0.1, 0.15) is 5.54 Å². The molecule has 1 N–H and O–H groups in total. The topological polar surface area (TPSA) is 49.7 Å². The molecule has 0 aromatic heterocycles. The van der Waals surface area contributed by atoms with E-state index in [2.05, 4.69) is 37.3 Å². The summed E-state index contributed by atoms with van der Waals surface area (Å²) in [5, 5.41) is 13.2. The van der Waals surface area contributed by atoms with Crippen LogP contribution in [0.4, 0.5) is 0 Å². The molecule has 0 aliphatic heterocycles. The van der Waals surface area contributed by atoms with Gasteiger partial charge in [-0.2, -0.15) is 0 Å². The highest BCUT2D eigenvalue weighted by Gasteiger charge is 2.77. The van der Waals surface area contributed by atoms with Gasteiger partial charge in [0.05, 0.1) is 6.61 Å². The summed E-state index contributed by atoms with van der Waals surface area (Å²) in [6.07, 6.45) is 18.4. The number of aliphatic hydroxyl groups excluding tert-OH is 1. The minimum atomic E-state index is -0.587. The van der Waals surface area contributed by atoms with Crippen LogP contribution in [0, 0.1) is 51.7 Å². The summed E-state index contributed by atoms with van der Waals surface area (Å²) in [4.78, 5) is 12.3. The average molecular weight is 368 g/mol. The van der Waals surface area contributed by atoms with E-state index < -0.39 is 5.54 Å². The highest BCUT2D eigenvalue weighted by Crippen LogP contribution is 2.77. The van der Waals surface area contributed by atoms with Gasteiger partial charge < -0.3 is 5.11 Å². The number of rotatable bonds is 4. The Hall–Kier alpha value is -1.22. The Labute approximate surface area is 163 Å². The van der Waals surface area contributed by atoms with Crippen molar-refractivity contribution in [3.05, 3.63) is 40.9 Å². The molecule has 3 heteroatoms. The number of nitrogens with zero attached hydrogens (tertiary/aromatic N) is 1. The van der Waals surface area contributed by atoms with Gasteiger partial charge in [-0.05, 0) is 85.5 Å². The zero-order valence-electron chi connectivity index (χ0n) is 16.7. The van der Waals surface area contributed by atoms with Crippen LogP contribution in [0.3, 0.4) is 0 Å². The van der Waals surface area contributed by atoms with Crippen LogP contribution in [-0.4, -0.2) is 17.3 Å². The van der Waals surface area contributed by atoms with E-state index >= 15 is 0 Å². The normalized spacial score (nSPS) is 52.6. The van der Waals surface area contributed by atoms with Crippen LogP contribution in [0.15, 0.2) is 41.1 Å². The molecule has 3 fully saturated rings. The van der Waals surface area contributed by atoms with Crippen molar-refractivity contribution in [1.82, 2.24) is 0 Å². The zero-order valence-corrected chi connectivity index (χ0v) is 16.7. The molecule has 0 radical (unpaired) electrons. The van der Waals surface area contributed by atoms with Crippen molar-refractivity contribution >= 4 is 0 Å². The molecule has 9 atom stereocenters. The molecule has 0 heterocycles. The molecule has 8 unspecified atom stereocenters. The van der Waals surface area contributed by atoms with E-state index in [9.17, 15) is 10.0 Å². The first-order chi connectivity index (χ1) is 13.1. The maximum Gasteiger partial charge on any atom is 0.130 e. The molecule has 0 saturated heterocycles. The number of nitroso groups, excluding NO2 is 1. The Morgan fingerprint density at radius 1 is 1.30 bits per heavy atom. The summed E-state index contributed by atoms with van der Waals surface area (Å²) in [5.41, 5.74) is 0.989. The first kappa shape index (κ1) is 17.8. The van der Waals surface area contributed by atoms with Crippen LogP contribution < -0.4 is 0 Å². The Morgan fingerprint density at radius 2 is 2.15 bits per heavy atom. The largest absolute Gasteiger partial charge is 0.392 e. The van der Waals surface area contributed by atoms with Gasteiger partial charge in [0, 0.05) is 5.41 Å². The Bertz CT molecular complexity index is 724. The van der Waals surface area contributed by atoms with Crippen LogP contribution >= 0.6 is 0 Å². The predicted molar refractivity (Wildman–Crippen MR) is 108 cm³/mol. The van der Waals surface area contributed by atoms with Crippen LogP contribution in [0.1, 0.15) is 52.4 Å². The lowest BCUT2D eigenvalue weighted by Crippen LogP contribution is -2.54. The van der Waals surface area contributed by atoms with Gasteiger partial charge in [-0.3, -0.25) is 0 Å². The minimum absolute atomic E-state index is 0.000509. The maximum atomic E-state index is 12.3. The molecule has 0 bridgehead atoms. The zero-order chi connectivity index (χ0) is 18.8. The molecule has 3 nitrogen and oxygen atoms in total. The molecule has 27 heavy (non-hydrogen) atoms. The van der Waals surface area contributed by atoms with Crippen LogP contribution in [0.5, 0.6) is 0 Å². The lowest BCUT2D eigenvalue weighted by molar-refractivity contribution is -0.0247. The van der Waals surface area contributed by atoms with E-state index in [0.717, 1.165) is 31.1 Å². The van der Waals surface area contributed by atoms with Gasteiger partial charge in [-0.1, -0.05) is 49.4 Å². The first-order valence-corrected chi connectivity index (χ1v) is 11.1. The van der Waals surface area contributed by atoms with Gasteiger partial charge in [0.2, 0.25) is 0 Å². The van der Waals surface area contributed by atoms with E-state index in [1.54, 1.807) is 11.6 Å². The molecule has 5 aliphatic carbocycles. The van der Waals surface area contributed by atoms with Gasteiger partial charge in [-0.15, -0.1) is 4.91 Å². The number of hydrogen-bond donors (Lipinski definition) is 1. The summed E-state index contributed by atoms with van der Waals surface area (Å²) >= 11 is 0. The smallest absolute Gasteiger partial charge is 0.130 e. The fourth-order valence-corrected chi connectivity index (χ4v) is 8.21. The Kier molecular flexibility index (Phi) is 4.06. The third-order valence-corrected chi connectivity index (χ3v) is 9.26.